The molecule has 2 aliphatic rings. The van der Waals surface area contributed by atoms with Crippen LogP contribution in [0, 0.1) is 5.92 Å². The largest absolute Gasteiger partial charge is 0.496 e. The Bertz CT molecular complexity index is 1540. The lowest BCUT2D eigenvalue weighted by Gasteiger charge is -2.39. The van der Waals surface area contributed by atoms with Gasteiger partial charge in [-0.05, 0) is 48.8 Å². The van der Waals surface area contributed by atoms with Crippen molar-refractivity contribution in [3.63, 3.8) is 0 Å². The van der Waals surface area contributed by atoms with Gasteiger partial charge in [0.05, 0.1) is 36.3 Å². The number of likely N-dealkylation sites (tertiary alicyclic amines) is 1. The molecule has 210 valence electrons. The van der Waals surface area contributed by atoms with Crippen molar-refractivity contribution in [1.82, 2.24) is 24.5 Å². The van der Waals surface area contributed by atoms with Crippen molar-refractivity contribution in [2.45, 2.75) is 45.3 Å². The molecule has 1 unspecified atom stereocenters. The lowest BCUT2D eigenvalue weighted by molar-refractivity contribution is 0.0200. The second-order valence-corrected chi connectivity index (χ2v) is 11.9. The monoisotopic (exact) mass is 561 g/mol. The van der Waals surface area contributed by atoms with Crippen molar-refractivity contribution in [3.8, 4) is 39.7 Å². The van der Waals surface area contributed by atoms with E-state index in [4.69, 9.17) is 19.3 Å². The lowest BCUT2D eigenvalue weighted by Crippen LogP contribution is -2.51. The number of benzene rings is 1. The summed E-state index contributed by atoms with van der Waals surface area (Å²) in [5.74, 6) is 1.73. The van der Waals surface area contributed by atoms with Crippen molar-refractivity contribution in [1.29, 1.82) is 0 Å². The molecule has 0 saturated carbocycles. The number of methoxy groups -OCH3 is 2. The van der Waals surface area contributed by atoms with Crippen LogP contribution in [0.5, 0.6) is 11.5 Å². The Morgan fingerprint density at radius 1 is 1.20 bits per heavy atom. The second kappa shape index (κ2) is 10.4. The van der Waals surface area contributed by atoms with Crippen molar-refractivity contribution in [2.75, 3.05) is 27.4 Å². The van der Waals surface area contributed by atoms with Crippen LogP contribution in [0.15, 0.2) is 41.2 Å². The lowest BCUT2D eigenvalue weighted by atomic mass is 9.86. The number of amides is 1. The standard InChI is InChI=1S/C30H35N5O4S/c1-19(2)15-30(18-37-4)9-6-10-34(30)29(36)27-23-16-39-26-14-25(38-5)21(24-7-11-33(3)31-24)13-22(26)28(23)35(32-27)20-8-12-40-17-20/h7-8,11-14,17,19H,6,9-10,15-16,18H2,1-5H3. The highest BCUT2D eigenvalue weighted by atomic mass is 32.1. The minimum absolute atomic E-state index is 0.0639. The number of carbonyl (C=O) groups excluding carboxylic acids is 1. The van der Waals surface area contributed by atoms with Crippen molar-refractivity contribution < 1.29 is 19.0 Å². The molecule has 40 heavy (non-hydrogen) atoms. The maximum Gasteiger partial charge on any atom is 0.275 e. The maximum atomic E-state index is 14.4. The number of thiophene rings is 1. The van der Waals surface area contributed by atoms with E-state index in [1.165, 1.54) is 0 Å². The molecule has 3 aromatic heterocycles. The van der Waals surface area contributed by atoms with Crippen LogP contribution >= 0.6 is 11.3 Å². The fourth-order valence-electron chi connectivity index (χ4n) is 6.38. The van der Waals surface area contributed by atoms with Crippen LogP contribution in [-0.4, -0.2) is 63.3 Å². The molecule has 1 amide bonds. The fourth-order valence-corrected chi connectivity index (χ4v) is 6.99. The van der Waals surface area contributed by atoms with Crippen LogP contribution < -0.4 is 9.47 Å². The summed E-state index contributed by atoms with van der Waals surface area (Å²) >= 11 is 1.59. The van der Waals surface area contributed by atoms with Gasteiger partial charge in [-0.3, -0.25) is 9.48 Å². The average molecular weight is 562 g/mol. The second-order valence-electron chi connectivity index (χ2n) is 11.1. The zero-order valence-electron chi connectivity index (χ0n) is 23.6. The number of carbonyl (C=O) groups is 1. The van der Waals surface area contributed by atoms with E-state index < -0.39 is 0 Å². The third-order valence-corrected chi connectivity index (χ3v) is 8.57. The Labute approximate surface area is 238 Å². The average Bonchev–Trinajstić information content (AvgIpc) is 3.73. The number of aryl methyl sites for hydroxylation is 1. The first-order chi connectivity index (χ1) is 19.3. The number of nitrogens with zero attached hydrogens (tertiary/aromatic N) is 5. The van der Waals surface area contributed by atoms with Crippen molar-refractivity contribution in [3.05, 3.63) is 52.5 Å². The van der Waals surface area contributed by atoms with E-state index in [2.05, 4.69) is 18.9 Å². The van der Waals surface area contributed by atoms with E-state index in [1.807, 2.05) is 57.9 Å². The van der Waals surface area contributed by atoms with Gasteiger partial charge in [-0.15, -0.1) is 0 Å². The Morgan fingerprint density at radius 2 is 2.05 bits per heavy atom. The van der Waals surface area contributed by atoms with Gasteiger partial charge in [0.25, 0.3) is 5.91 Å². The van der Waals surface area contributed by atoms with Gasteiger partial charge in [-0.25, -0.2) is 4.68 Å². The Hall–Kier alpha value is -3.63. The number of ether oxygens (including phenoxy) is 3. The van der Waals surface area contributed by atoms with Gasteiger partial charge in [-0.1, -0.05) is 13.8 Å². The first-order valence-corrected chi connectivity index (χ1v) is 14.6. The van der Waals surface area contributed by atoms with Crippen LogP contribution in [0.1, 0.15) is 49.2 Å². The first-order valence-electron chi connectivity index (χ1n) is 13.7. The van der Waals surface area contributed by atoms with Crippen LogP contribution in [-0.2, 0) is 18.4 Å². The molecule has 10 heteroatoms. The summed E-state index contributed by atoms with van der Waals surface area (Å²) in [5.41, 5.74) is 5.16. The molecule has 1 fully saturated rings. The number of hydrogen-bond acceptors (Lipinski definition) is 7. The summed E-state index contributed by atoms with van der Waals surface area (Å²) in [7, 11) is 5.25. The summed E-state index contributed by atoms with van der Waals surface area (Å²) in [6.45, 7) is 5.84. The molecule has 1 atom stereocenters. The Morgan fingerprint density at radius 3 is 2.73 bits per heavy atom. The van der Waals surface area contributed by atoms with Gasteiger partial charge in [0.2, 0.25) is 0 Å². The van der Waals surface area contributed by atoms with E-state index >= 15 is 0 Å². The molecule has 1 saturated heterocycles. The maximum absolute atomic E-state index is 14.4. The van der Waals surface area contributed by atoms with E-state index in [9.17, 15) is 4.79 Å². The quantitative estimate of drug-likeness (QED) is 0.280. The summed E-state index contributed by atoms with van der Waals surface area (Å²) < 4.78 is 21.4. The van der Waals surface area contributed by atoms with Crippen molar-refractivity contribution >= 4 is 17.2 Å². The molecule has 0 N–H and O–H groups in total. The van der Waals surface area contributed by atoms with E-state index in [-0.39, 0.29) is 18.1 Å². The third kappa shape index (κ3) is 4.39. The predicted molar refractivity (Wildman–Crippen MR) is 154 cm³/mol. The number of fused-ring (bicyclic) bond motifs is 3. The molecule has 0 bridgehead atoms. The van der Waals surface area contributed by atoms with Gasteiger partial charge in [-0.2, -0.15) is 21.5 Å². The van der Waals surface area contributed by atoms with E-state index in [0.29, 0.717) is 36.3 Å². The topological polar surface area (TPSA) is 83.6 Å². The summed E-state index contributed by atoms with van der Waals surface area (Å²) in [4.78, 5) is 16.4. The number of hydrogen-bond donors (Lipinski definition) is 0. The van der Waals surface area contributed by atoms with Crippen LogP contribution in [0.3, 0.4) is 0 Å². The molecule has 5 heterocycles. The van der Waals surface area contributed by atoms with E-state index in [1.54, 1.807) is 30.2 Å². The summed E-state index contributed by atoms with van der Waals surface area (Å²) in [6.07, 6.45) is 4.65. The molecule has 0 radical (unpaired) electrons. The van der Waals surface area contributed by atoms with Crippen molar-refractivity contribution in [2.24, 2.45) is 13.0 Å². The number of aromatic nitrogens is 4. The van der Waals surface area contributed by atoms with E-state index in [0.717, 1.165) is 53.0 Å². The van der Waals surface area contributed by atoms with Crippen LogP contribution in [0.25, 0.3) is 28.2 Å². The number of rotatable bonds is 8. The highest BCUT2D eigenvalue weighted by molar-refractivity contribution is 7.08. The zero-order chi connectivity index (χ0) is 28.0. The molecular formula is C30H35N5O4S. The van der Waals surface area contributed by atoms with Gasteiger partial charge < -0.3 is 19.1 Å². The fraction of sp³-hybridized carbons (Fsp3) is 0.433. The molecule has 0 aliphatic carbocycles. The molecule has 2 aliphatic heterocycles. The van der Waals surface area contributed by atoms with Gasteiger partial charge in [0.1, 0.15) is 18.1 Å². The minimum atomic E-state index is -0.341. The predicted octanol–water partition coefficient (Wildman–Crippen LogP) is 5.57. The summed E-state index contributed by atoms with van der Waals surface area (Å²) in [5, 5.41) is 13.7. The van der Waals surface area contributed by atoms with Crippen LogP contribution in [0.4, 0.5) is 0 Å². The highest BCUT2D eigenvalue weighted by Crippen LogP contribution is 2.46. The Balaban J connectivity index is 1.52. The van der Waals surface area contributed by atoms with Crippen LogP contribution in [0.2, 0.25) is 0 Å². The van der Waals surface area contributed by atoms with Gasteiger partial charge >= 0.3 is 0 Å². The third-order valence-electron chi connectivity index (χ3n) is 7.90. The zero-order valence-corrected chi connectivity index (χ0v) is 24.5. The molecule has 1 aromatic carbocycles. The first kappa shape index (κ1) is 26.6. The molecule has 6 rings (SSSR count). The smallest absolute Gasteiger partial charge is 0.275 e. The molecule has 9 nitrogen and oxygen atoms in total. The molecule has 4 aromatic rings. The summed E-state index contributed by atoms with van der Waals surface area (Å²) in [6, 6.07) is 7.92. The SMILES string of the molecule is COCC1(CC(C)C)CCCN1C(=O)c1nn(-c2ccsc2)c2c1COc1cc(OC)c(-c3ccn(C)n3)cc1-2. The molecular weight excluding hydrogens is 526 g/mol. The normalized spacial score (nSPS) is 18.1. The van der Waals surface area contributed by atoms with Gasteiger partial charge in [0, 0.05) is 55.0 Å². The Kier molecular flexibility index (Phi) is 6.92. The molecule has 0 spiro atoms. The minimum Gasteiger partial charge on any atom is -0.496 e. The highest BCUT2D eigenvalue weighted by Gasteiger charge is 2.46. The van der Waals surface area contributed by atoms with Gasteiger partial charge in [0.15, 0.2) is 5.69 Å².